The molecule has 4 nitrogen and oxygen atoms in total. The molecule has 0 aromatic carbocycles. The lowest BCUT2D eigenvalue weighted by Gasteiger charge is -2.31. The molecule has 1 aliphatic carbocycles. The van der Waals surface area contributed by atoms with Crippen LogP contribution < -0.4 is 11.1 Å². The Morgan fingerprint density at radius 3 is 3.07 bits per heavy atom. The summed E-state index contributed by atoms with van der Waals surface area (Å²) < 4.78 is 0. The third kappa shape index (κ3) is 2.49. The van der Waals surface area contributed by atoms with Gasteiger partial charge in [-0.3, -0.25) is 9.69 Å². The van der Waals surface area contributed by atoms with Gasteiger partial charge in [-0.15, -0.1) is 0 Å². The molecule has 1 saturated heterocycles. The van der Waals surface area contributed by atoms with Crippen LogP contribution in [-0.4, -0.2) is 43.0 Å². The van der Waals surface area contributed by atoms with Gasteiger partial charge in [-0.05, 0) is 25.3 Å². The molecule has 2 unspecified atom stereocenters. The molecule has 15 heavy (non-hydrogen) atoms. The molecule has 1 saturated carbocycles. The summed E-state index contributed by atoms with van der Waals surface area (Å²) in [6.07, 6.45) is 4.47. The SMILES string of the molecule is NCC1CCCC1N1CCNC(=O)CC1. The van der Waals surface area contributed by atoms with Crippen LogP contribution in [0.2, 0.25) is 0 Å². The monoisotopic (exact) mass is 211 g/mol. The second kappa shape index (κ2) is 4.94. The normalized spacial score (nSPS) is 33.8. The number of nitrogens with two attached hydrogens (primary N) is 1. The molecule has 2 aliphatic rings. The van der Waals surface area contributed by atoms with Gasteiger partial charge in [-0.1, -0.05) is 6.42 Å². The Morgan fingerprint density at radius 2 is 2.27 bits per heavy atom. The van der Waals surface area contributed by atoms with Crippen molar-refractivity contribution in [2.45, 2.75) is 31.7 Å². The van der Waals surface area contributed by atoms with E-state index in [1.807, 2.05) is 0 Å². The van der Waals surface area contributed by atoms with Crippen LogP contribution in [0.3, 0.4) is 0 Å². The zero-order valence-corrected chi connectivity index (χ0v) is 9.24. The largest absolute Gasteiger partial charge is 0.355 e. The number of hydrogen-bond acceptors (Lipinski definition) is 3. The van der Waals surface area contributed by atoms with E-state index in [9.17, 15) is 4.79 Å². The lowest BCUT2D eigenvalue weighted by Crippen LogP contribution is -2.42. The maximum atomic E-state index is 11.2. The van der Waals surface area contributed by atoms with Gasteiger partial charge in [0.15, 0.2) is 0 Å². The van der Waals surface area contributed by atoms with E-state index in [4.69, 9.17) is 5.73 Å². The van der Waals surface area contributed by atoms with Crippen molar-refractivity contribution in [3.8, 4) is 0 Å². The zero-order valence-electron chi connectivity index (χ0n) is 9.24. The molecule has 0 aromatic heterocycles. The summed E-state index contributed by atoms with van der Waals surface area (Å²) >= 11 is 0. The van der Waals surface area contributed by atoms with Crippen molar-refractivity contribution < 1.29 is 4.79 Å². The maximum absolute atomic E-state index is 11.2. The van der Waals surface area contributed by atoms with Crippen molar-refractivity contribution in [1.29, 1.82) is 0 Å². The van der Waals surface area contributed by atoms with Gasteiger partial charge in [0, 0.05) is 32.1 Å². The van der Waals surface area contributed by atoms with Gasteiger partial charge in [0.05, 0.1) is 0 Å². The maximum Gasteiger partial charge on any atom is 0.221 e. The standard InChI is InChI=1S/C11H21N3O/c12-8-9-2-1-3-10(9)14-6-4-11(15)13-5-7-14/h9-10H,1-8,12H2,(H,13,15). The number of nitrogens with one attached hydrogen (secondary N) is 1. The molecule has 0 spiro atoms. The van der Waals surface area contributed by atoms with Gasteiger partial charge in [-0.2, -0.15) is 0 Å². The molecule has 2 atom stereocenters. The second-order valence-corrected chi connectivity index (χ2v) is 4.63. The number of rotatable bonds is 2. The second-order valence-electron chi connectivity index (χ2n) is 4.63. The van der Waals surface area contributed by atoms with Crippen LogP contribution in [-0.2, 0) is 4.79 Å². The van der Waals surface area contributed by atoms with E-state index in [0.717, 1.165) is 26.2 Å². The Labute approximate surface area is 91.2 Å². The van der Waals surface area contributed by atoms with Crippen LogP contribution in [0.4, 0.5) is 0 Å². The Balaban J connectivity index is 1.94. The van der Waals surface area contributed by atoms with E-state index in [-0.39, 0.29) is 5.91 Å². The average molecular weight is 211 g/mol. The number of hydrogen-bond donors (Lipinski definition) is 2. The smallest absolute Gasteiger partial charge is 0.221 e. The predicted octanol–water partition coefficient (Wildman–Crippen LogP) is -0.0643. The predicted molar refractivity (Wildman–Crippen MR) is 59.4 cm³/mol. The Morgan fingerprint density at radius 1 is 1.40 bits per heavy atom. The van der Waals surface area contributed by atoms with E-state index in [0.29, 0.717) is 18.4 Å². The van der Waals surface area contributed by atoms with E-state index in [1.165, 1.54) is 19.3 Å². The van der Waals surface area contributed by atoms with E-state index in [2.05, 4.69) is 10.2 Å². The van der Waals surface area contributed by atoms with Crippen molar-refractivity contribution in [2.24, 2.45) is 11.7 Å². The number of nitrogens with zero attached hydrogens (tertiary/aromatic N) is 1. The first-order valence-electron chi connectivity index (χ1n) is 6.02. The van der Waals surface area contributed by atoms with Crippen molar-refractivity contribution in [3.05, 3.63) is 0 Å². The summed E-state index contributed by atoms with van der Waals surface area (Å²) in [5.41, 5.74) is 5.79. The molecule has 86 valence electrons. The summed E-state index contributed by atoms with van der Waals surface area (Å²) in [7, 11) is 0. The Hall–Kier alpha value is -0.610. The lowest BCUT2D eigenvalue weighted by atomic mass is 10.0. The molecule has 1 heterocycles. The van der Waals surface area contributed by atoms with Gasteiger partial charge >= 0.3 is 0 Å². The minimum absolute atomic E-state index is 0.194. The minimum atomic E-state index is 0.194. The Bertz CT molecular complexity index is 232. The highest BCUT2D eigenvalue weighted by Crippen LogP contribution is 2.29. The molecule has 3 N–H and O–H groups in total. The van der Waals surface area contributed by atoms with Crippen LogP contribution in [0.25, 0.3) is 0 Å². The summed E-state index contributed by atoms with van der Waals surface area (Å²) in [4.78, 5) is 13.7. The molecule has 2 fully saturated rings. The number of amides is 1. The molecule has 1 aliphatic heterocycles. The third-order valence-electron chi connectivity index (χ3n) is 3.74. The average Bonchev–Trinajstić information content (AvgIpc) is 2.61. The summed E-state index contributed by atoms with van der Waals surface area (Å²) in [6, 6.07) is 0.627. The topological polar surface area (TPSA) is 58.4 Å². The lowest BCUT2D eigenvalue weighted by molar-refractivity contribution is -0.120. The van der Waals surface area contributed by atoms with Crippen LogP contribution in [0.15, 0.2) is 0 Å². The van der Waals surface area contributed by atoms with Crippen molar-refractivity contribution >= 4 is 5.91 Å². The van der Waals surface area contributed by atoms with Crippen LogP contribution in [0, 0.1) is 5.92 Å². The molecular weight excluding hydrogens is 190 g/mol. The fourth-order valence-electron chi connectivity index (χ4n) is 2.89. The first-order valence-corrected chi connectivity index (χ1v) is 6.02. The van der Waals surface area contributed by atoms with Crippen molar-refractivity contribution in [3.63, 3.8) is 0 Å². The number of carbonyl (C=O) groups excluding carboxylic acids is 1. The summed E-state index contributed by atoms with van der Waals surface area (Å²) in [5, 5.41) is 2.92. The van der Waals surface area contributed by atoms with Gasteiger partial charge in [0.25, 0.3) is 0 Å². The van der Waals surface area contributed by atoms with Gasteiger partial charge in [0.2, 0.25) is 5.91 Å². The highest BCUT2D eigenvalue weighted by molar-refractivity contribution is 5.76. The molecule has 0 bridgehead atoms. The van der Waals surface area contributed by atoms with Gasteiger partial charge in [0.1, 0.15) is 0 Å². The summed E-state index contributed by atoms with van der Waals surface area (Å²) in [5.74, 6) is 0.845. The van der Waals surface area contributed by atoms with Gasteiger partial charge in [-0.25, -0.2) is 0 Å². The van der Waals surface area contributed by atoms with Crippen LogP contribution >= 0.6 is 0 Å². The fraction of sp³-hybridized carbons (Fsp3) is 0.909. The third-order valence-corrected chi connectivity index (χ3v) is 3.74. The van der Waals surface area contributed by atoms with Crippen molar-refractivity contribution in [1.82, 2.24) is 10.2 Å². The fourth-order valence-corrected chi connectivity index (χ4v) is 2.89. The molecular formula is C11H21N3O. The van der Waals surface area contributed by atoms with Gasteiger partial charge < -0.3 is 11.1 Å². The molecule has 0 radical (unpaired) electrons. The van der Waals surface area contributed by atoms with E-state index >= 15 is 0 Å². The molecule has 4 heteroatoms. The zero-order chi connectivity index (χ0) is 10.7. The van der Waals surface area contributed by atoms with Crippen LogP contribution in [0.1, 0.15) is 25.7 Å². The molecule has 1 amide bonds. The minimum Gasteiger partial charge on any atom is -0.355 e. The van der Waals surface area contributed by atoms with Crippen LogP contribution in [0.5, 0.6) is 0 Å². The highest BCUT2D eigenvalue weighted by atomic mass is 16.1. The number of carbonyl (C=O) groups is 1. The van der Waals surface area contributed by atoms with E-state index < -0.39 is 0 Å². The Kier molecular flexibility index (Phi) is 3.59. The summed E-state index contributed by atoms with van der Waals surface area (Å²) in [6.45, 7) is 3.50. The quantitative estimate of drug-likeness (QED) is 0.672. The molecule has 2 rings (SSSR count). The van der Waals surface area contributed by atoms with Crippen molar-refractivity contribution in [2.75, 3.05) is 26.2 Å². The highest BCUT2D eigenvalue weighted by Gasteiger charge is 2.31. The first-order chi connectivity index (χ1) is 7.31. The molecule has 0 aromatic rings. The first kappa shape index (κ1) is 10.9. The van der Waals surface area contributed by atoms with E-state index in [1.54, 1.807) is 0 Å².